The molecule has 3 N–H and O–H groups in total. The molecule has 0 aromatic heterocycles. The first-order valence-electron chi connectivity index (χ1n) is 11.5. The van der Waals surface area contributed by atoms with E-state index in [4.69, 9.17) is 0 Å². The van der Waals surface area contributed by atoms with Crippen molar-refractivity contribution in [3.8, 4) is 0 Å². The zero-order valence-electron chi connectivity index (χ0n) is 19.9. The van der Waals surface area contributed by atoms with E-state index in [-0.39, 0.29) is 18.9 Å². The van der Waals surface area contributed by atoms with Gasteiger partial charge >= 0.3 is 0 Å². The number of aryl methyl sites for hydroxylation is 3. The standard InChI is InChI=1S/C28H32F2N2O2/c1-4-20-6-5-7-21(11-20)16-31-17-27(33)26(14-22-12-24(29)15-25(30)13-22)32-28(34)23-9-18(2)8-19(3)10-23/h5-13,15,26-27,31,33H,4,14,16-17H2,1-3H3,(H,32,34)/t26-,27+/m0/s1. The van der Waals surface area contributed by atoms with Crippen molar-refractivity contribution >= 4 is 5.91 Å². The molecule has 0 bridgehead atoms. The van der Waals surface area contributed by atoms with Crippen LogP contribution in [0.5, 0.6) is 0 Å². The van der Waals surface area contributed by atoms with Gasteiger partial charge in [0.15, 0.2) is 0 Å². The number of rotatable bonds is 10. The van der Waals surface area contributed by atoms with Crippen molar-refractivity contribution in [2.75, 3.05) is 6.54 Å². The lowest BCUT2D eigenvalue weighted by atomic mass is 9.99. The first-order valence-corrected chi connectivity index (χ1v) is 11.5. The van der Waals surface area contributed by atoms with Crippen molar-refractivity contribution in [1.29, 1.82) is 0 Å². The number of carbonyl (C=O) groups excluding carboxylic acids is 1. The SMILES string of the molecule is CCc1cccc(CNC[C@@H](O)[C@H](Cc2cc(F)cc(F)c2)NC(=O)c2cc(C)cc(C)c2)c1. The summed E-state index contributed by atoms with van der Waals surface area (Å²) in [5.74, 6) is -1.74. The van der Waals surface area contributed by atoms with E-state index >= 15 is 0 Å². The van der Waals surface area contributed by atoms with Crippen LogP contribution in [0.25, 0.3) is 0 Å². The highest BCUT2D eigenvalue weighted by Crippen LogP contribution is 2.14. The van der Waals surface area contributed by atoms with Crippen LogP contribution < -0.4 is 10.6 Å². The molecule has 0 aliphatic rings. The maximum atomic E-state index is 13.7. The molecule has 0 radical (unpaired) electrons. The molecule has 6 heteroatoms. The average Bonchev–Trinajstić information content (AvgIpc) is 2.77. The van der Waals surface area contributed by atoms with Crippen molar-refractivity contribution in [1.82, 2.24) is 10.6 Å². The van der Waals surface area contributed by atoms with Gasteiger partial charge in [0, 0.05) is 24.7 Å². The summed E-state index contributed by atoms with van der Waals surface area (Å²) in [7, 11) is 0. The van der Waals surface area contributed by atoms with Crippen LogP contribution in [0.15, 0.2) is 60.7 Å². The summed E-state index contributed by atoms with van der Waals surface area (Å²) in [6.07, 6.45) is 0.0441. The predicted molar refractivity (Wildman–Crippen MR) is 131 cm³/mol. The van der Waals surface area contributed by atoms with Crippen LogP contribution in [0.1, 0.15) is 45.1 Å². The van der Waals surface area contributed by atoms with Gasteiger partial charge in [-0.2, -0.15) is 0 Å². The first-order chi connectivity index (χ1) is 16.2. The van der Waals surface area contributed by atoms with E-state index in [1.807, 2.05) is 32.0 Å². The number of hydrogen-bond acceptors (Lipinski definition) is 3. The molecule has 180 valence electrons. The third-order valence-corrected chi connectivity index (χ3v) is 5.73. The summed E-state index contributed by atoms with van der Waals surface area (Å²) in [5, 5.41) is 17.0. The monoisotopic (exact) mass is 466 g/mol. The number of benzene rings is 3. The van der Waals surface area contributed by atoms with Crippen LogP contribution in [-0.2, 0) is 19.4 Å². The molecule has 0 saturated carbocycles. The van der Waals surface area contributed by atoms with Crippen LogP contribution in [0, 0.1) is 25.5 Å². The Hall–Kier alpha value is -3.09. The molecule has 0 aliphatic heterocycles. The highest BCUT2D eigenvalue weighted by Gasteiger charge is 2.23. The average molecular weight is 467 g/mol. The Kier molecular flexibility index (Phi) is 8.91. The lowest BCUT2D eigenvalue weighted by molar-refractivity contribution is 0.0829. The third kappa shape index (κ3) is 7.47. The van der Waals surface area contributed by atoms with Crippen LogP contribution in [0.2, 0.25) is 0 Å². The Morgan fingerprint density at radius 1 is 0.912 bits per heavy atom. The molecule has 4 nitrogen and oxygen atoms in total. The second-order valence-corrected chi connectivity index (χ2v) is 8.81. The van der Waals surface area contributed by atoms with E-state index in [0.29, 0.717) is 17.7 Å². The fourth-order valence-electron chi connectivity index (χ4n) is 4.09. The molecule has 0 saturated heterocycles. The Balaban J connectivity index is 1.73. The highest BCUT2D eigenvalue weighted by molar-refractivity contribution is 5.94. The van der Waals surface area contributed by atoms with Crippen LogP contribution >= 0.6 is 0 Å². The molecule has 0 heterocycles. The van der Waals surface area contributed by atoms with Gasteiger partial charge in [-0.15, -0.1) is 0 Å². The van der Waals surface area contributed by atoms with Crippen molar-refractivity contribution in [3.63, 3.8) is 0 Å². The number of amides is 1. The molecule has 0 spiro atoms. The third-order valence-electron chi connectivity index (χ3n) is 5.73. The lowest BCUT2D eigenvalue weighted by Crippen LogP contribution is -2.48. The van der Waals surface area contributed by atoms with Crippen molar-refractivity contribution in [2.24, 2.45) is 0 Å². The summed E-state index contributed by atoms with van der Waals surface area (Å²) in [6.45, 7) is 6.66. The number of carbonyl (C=O) groups is 1. The van der Waals surface area contributed by atoms with Gasteiger partial charge < -0.3 is 15.7 Å². The van der Waals surface area contributed by atoms with Crippen molar-refractivity contribution < 1.29 is 18.7 Å². The summed E-state index contributed by atoms with van der Waals surface area (Å²) >= 11 is 0. The molecule has 3 aromatic carbocycles. The predicted octanol–water partition coefficient (Wildman–Crippen LogP) is 4.64. The van der Waals surface area contributed by atoms with Gasteiger partial charge in [-0.25, -0.2) is 8.78 Å². The fourth-order valence-corrected chi connectivity index (χ4v) is 4.09. The van der Waals surface area contributed by atoms with Gasteiger partial charge in [-0.3, -0.25) is 4.79 Å². The molecule has 3 aromatic rings. The summed E-state index contributed by atoms with van der Waals surface area (Å²) in [5.41, 5.74) is 5.05. The molecule has 0 unspecified atom stereocenters. The lowest BCUT2D eigenvalue weighted by Gasteiger charge is -2.25. The fraction of sp³-hybridized carbons (Fsp3) is 0.321. The summed E-state index contributed by atoms with van der Waals surface area (Å²) in [4.78, 5) is 13.0. The minimum Gasteiger partial charge on any atom is -0.390 e. The number of nitrogens with one attached hydrogen (secondary N) is 2. The second-order valence-electron chi connectivity index (χ2n) is 8.81. The van der Waals surface area contributed by atoms with Gasteiger partial charge in [0.2, 0.25) is 0 Å². The largest absolute Gasteiger partial charge is 0.390 e. The first kappa shape index (κ1) is 25.5. The van der Waals surface area contributed by atoms with Crippen molar-refractivity contribution in [2.45, 2.75) is 52.3 Å². The molecular formula is C28H32F2N2O2. The number of aliphatic hydroxyl groups excluding tert-OH is 1. The Labute approximate surface area is 200 Å². The molecule has 0 fully saturated rings. The quantitative estimate of drug-likeness (QED) is 0.408. The van der Waals surface area contributed by atoms with Gasteiger partial charge in [0.05, 0.1) is 12.1 Å². The van der Waals surface area contributed by atoms with E-state index in [1.54, 1.807) is 12.1 Å². The van der Waals surface area contributed by atoms with E-state index in [1.165, 1.54) is 17.7 Å². The Morgan fingerprint density at radius 2 is 1.56 bits per heavy atom. The normalized spacial score (nSPS) is 12.9. The number of halogens is 2. The zero-order valence-corrected chi connectivity index (χ0v) is 19.9. The Morgan fingerprint density at radius 3 is 2.21 bits per heavy atom. The number of aliphatic hydroxyl groups is 1. The molecule has 3 rings (SSSR count). The molecular weight excluding hydrogens is 434 g/mol. The summed E-state index contributed by atoms with van der Waals surface area (Å²) in [6, 6.07) is 16.2. The Bertz CT molecular complexity index is 1090. The smallest absolute Gasteiger partial charge is 0.251 e. The van der Waals surface area contributed by atoms with Crippen LogP contribution in [0.3, 0.4) is 0 Å². The molecule has 1 amide bonds. The minimum atomic E-state index is -0.976. The van der Waals surface area contributed by atoms with Gasteiger partial charge in [-0.05, 0) is 67.6 Å². The minimum absolute atomic E-state index is 0.0827. The van der Waals surface area contributed by atoms with Crippen LogP contribution in [-0.4, -0.2) is 29.7 Å². The maximum Gasteiger partial charge on any atom is 0.251 e. The van der Waals surface area contributed by atoms with E-state index in [2.05, 4.69) is 29.7 Å². The van der Waals surface area contributed by atoms with Gasteiger partial charge in [0.1, 0.15) is 11.6 Å². The zero-order chi connectivity index (χ0) is 24.7. The second kappa shape index (κ2) is 11.9. The topological polar surface area (TPSA) is 61.4 Å². The molecule has 2 atom stereocenters. The summed E-state index contributed by atoms with van der Waals surface area (Å²) < 4.78 is 27.5. The van der Waals surface area contributed by atoms with E-state index in [9.17, 15) is 18.7 Å². The van der Waals surface area contributed by atoms with Crippen molar-refractivity contribution in [3.05, 3.63) is 106 Å². The van der Waals surface area contributed by atoms with E-state index < -0.39 is 23.8 Å². The van der Waals surface area contributed by atoms with E-state index in [0.717, 1.165) is 29.2 Å². The highest BCUT2D eigenvalue weighted by atomic mass is 19.1. The van der Waals surface area contributed by atoms with Gasteiger partial charge in [-0.1, -0.05) is 48.4 Å². The van der Waals surface area contributed by atoms with Crippen LogP contribution in [0.4, 0.5) is 8.78 Å². The maximum absolute atomic E-state index is 13.7. The van der Waals surface area contributed by atoms with Gasteiger partial charge in [0.25, 0.3) is 5.91 Å². The number of hydrogen-bond donors (Lipinski definition) is 3. The molecule has 34 heavy (non-hydrogen) atoms. The molecule has 0 aliphatic carbocycles.